The predicted octanol–water partition coefficient (Wildman–Crippen LogP) is 3.69. The van der Waals surface area contributed by atoms with Gasteiger partial charge in [-0.25, -0.2) is 4.90 Å². The molecule has 0 aliphatic carbocycles. The molecule has 1 aliphatic heterocycles. The Morgan fingerprint density at radius 3 is 2.59 bits per heavy atom. The number of ether oxygens (including phenoxy) is 2. The number of hydrogen-bond donors (Lipinski definition) is 1. The van der Waals surface area contributed by atoms with Gasteiger partial charge in [-0.1, -0.05) is 23.7 Å². The minimum absolute atomic E-state index is 0.0429. The molecule has 1 atom stereocenters. The monoisotopic (exact) mass is 396 g/mol. The second-order valence-corrected chi connectivity index (χ2v) is 6.07. The highest BCUT2D eigenvalue weighted by Gasteiger charge is 2.40. The molecule has 1 heterocycles. The highest BCUT2D eigenvalue weighted by atomic mass is 35.5. The Balaban J connectivity index is 1.79. The van der Waals surface area contributed by atoms with E-state index in [2.05, 4.69) is 10.1 Å². The van der Waals surface area contributed by atoms with Crippen LogP contribution in [0.15, 0.2) is 42.5 Å². The summed E-state index contributed by atoms with van der Waals surface area (Å²) in [5.74, 6) is -0.614. The Morgan fingerprint density at radius 2 is 1.93 bits per heavy atom. The van der Waals surface area contributed by atoms with Crippen LogP contribution in [0.1, 0.15) is 6.42 Å². The molecule has 27 heavy (non-hydrogen) atoms. The van der Waals surface area contributed by atoms with Crippen LogP contribution in [-0.4, -0.2) is 31.6 Å². The van der Waals surface area contributed by atoms with E-state index in [-0.39, 0.29) is 23.1 Å². The molecule has 0 radical (unpaired) electrons. The van der Waals surface area contributed by atoms with Crippen molar-refractivity contribution in [2.45, 2.75) is 19.1 Å². The maximum absolute atomic E-state index is 12.7. The molecule has 0 spiro atoms. The van der Waals surface area contributed by atoms with Crippen molar-refractivity contribution in [3.8, 4) is 11.5 Å². The first kappa shape index (κ1) is 18.9. The van der Waals surface area contributed by atoms with Crippen molar-refractivity contribution in [2.24, 2.45) is 0 Å². The van der Waals surface area contributed by atoms with Gasteiger partial charge in [0.1, 0.15) is 17.5 Å². The van der Waals surface area contributed by atoms with Gasteiger partial charge in [-0.15, -0.1) is 0 Å². The molecule has 1 aliphatic rings. The Kier molecular flexibility index (Phi) is 5.46. The minimum Gasteiger partial charge on any atom is -0.495 e. The molecule has 6 nitrogen and oxygen atoms in total. The molecular weight excluding hydrogens is 382 g/mol. The van der Waals surface area contributed by atoms with Crippen molar-refractivity contribution in [1.29, 1.82) is 0 Å². The predicted molar refractivity (Wildman–Crippen MR) is 95.6 cm³/mol. The number of imide groups is 1. The summed E-state index contributed by atoms with van der Waals surface area (Å²) < 4.78 is 34.1. The number of hydrogen-bond acceptors (Lipinski definition) is 5. The first-order valence-corrected chi connectivity index (χ1v) is 8.29. The SMILES string of the molecule is COc1ccccc1N1C(=O)C[C@@H](Nc2ccc(OC(F)F)c(Cl)c2)C1=O. The van der Waals surface area contributed by atoms with E-state index in [0.29, 0.717) is 17.1 Å². The van der Waals surface area contributed by atoms with E-state index < -0.39 is 18.6 Å². The standard InChI is InChI=1S/C18H15ClF2N2O4/c1-26-15-5-3-2-4-13(15)23-16(24)9-12(17(23)25)22-10-6-7-14(11(19)8-10)27-18(20)21/h2-8,12,18,22H,9H2,1H3/t12-/m1/s1. The number of carbonyl (C=O) groups is 2. The third-order valence-electron chi connectivity index (χ3n) is 3.96. The van der Waals surface area contributed by atoms with Crippen molar-refractivity contribution in [3.63, 3.8) is 0 Å². The van der Waals surface area contributed by atoms with E-state index in [4.69, 9.17) is 16.3 Å². The smallest absolute Gasteiger partial charge is 0.387 e. The maximum atomic E-state index is 12.7. The van der Waals surface area contributed by atoms with Gasteiger partial charge in [0.05, 0.1) is 24.2 Å². The molecule has 1 fully saturated rings. The summed E-state index contributed by atoms with van der Waals surface area (Å²) in [7, 11) is 1.45. The lowest BCUT2D eigenvalue weighted by atomic mass is 10.2. The zero-order valence-corrected chi connectivity index (χ0v) is 14.9. The summed E-state index contributed by atoms with van der Waals surface area (Å²) in [6.07, 6.45) is -0.0657. The van der Waals surface area contributed by atoms with Gasteiger partial charge in [0.25, 0.3) is 5.91 Å². The molecule has 2 aromatic rings. The molecule has 0 saturated carbocycles. The first-order valence-electron chi connectivity index (χ1n) is 7.91. The number of amides is 2. The Bertz CT molecular complexity index is 878. The fourth-order valence-electron chi connectivity index (χ4n) is 2.80. The summed E-state index contributed by atoms with van der Waals surface area (Å²) in [5.41, 5.74) is 0.757. The van der Waals surface area contributed by atoms with E-state index >= 15 is 0 Å². The Hall–Kier alpha value is -2.87. The molecule has 0 unspecified atom stereocenters. The third-order valence-corrected chi connectivity index (χ3v) is 4.26. The van der Waals surface area contributed by atoms with Crippen molar-refractivity contribution >= 4 is 34.8 Å². The van der Waals surface area contributed by atoms with E-state index in [9.17, 15) is 18.4 Å². The summed E-state index contributed by atoms with van der Waals surface area (Å²) in [6, 6.07) is 9.92. The van der Waals surface area contributed by atoms with Gasteiger partial charge in [-0.3, -0.25) is 9.59 Å². The van der Waals surface area contributed by atoms with Gasteiger partial charge in [0.15, 0.2) is 0 Å². The summed E-state index contributed by atoms with van der Waals surface area (Å²) in [5, 5.41) is 2.86. The number of carbonyl (C=O) groups excluding carboxylic acids is 2. The number of alkyl halides is 2. The topological polar surface area (TPSA) is 67.9 Å². The first-order chi connectivity index (χ1) is 12.9. The third kappa shape index (κ3) is 3.95. The van der Waals surface area contributed by atoms with Gasteiger partial charge < -0.3 is 14.8 Å². The van der Waals surface area contributed by atoms with Crippen molar-refractivity contribution in [3.05, 3.63) is 47.5 Å². The Morgan fingerprint density at radius 1 is 1.19 bits per heavy atom. The molecule has 1 N–H and O–H groups in total. The number of para-hydroxylation sites is 2. The average molecular weight is 397 g/mol. The van der Waals surface area contributed by atoms with E-state index in [1.165, 1.54) is 25.3 Å². The van der Waals surface area contributed by atoms with E-state index in [1.807, 2.05) is 0 Å². The summed E-state index contributed by atoms with van der Waals surface area (Å²) >= 11 is 5.91. The minimum atomic E-state index is -3.00. The number of nitrogens with zero attached hydrogens (tertiary/aromatic N) is 1. The maximum Gasteiger partial charge on any atom is 0.387 e. The second kappa shape index (κ2) is 7.79. The molecule has 0 aromatic heterocycles. The number of nitrogens with one attached hydrogen (secondary N) is 1. The molecule has 1 saturated heterocycles. The van der Waals surface area contributed by atoms with Crippen LogP contribution in [0.4, 0.5) is 20.2 Å². The zero-order valence-electron chi connectivity index (χ0n) is 14.1. The van der Waals surface area contributed by atoms with Crippen LogP contribution in [0, 0.1) is 0 Å². The fourth-order valence-corrected chi connectivity index (χ4v) is 3.02. The van der Waals surface area contributed by atoms with Crippen molar-refractivity contribution in [2.75, 3.05) is 17.3 Å². The highest BCUT2D eigenvalue weighted by molar-refractivity contribution is 6.32. The highest BCUT2D eigenvalue weighted by Crippen LogP contribution is 2.34. The van der Waals surface area contributed by atoms with E-state index in [1.54, 1.807) is 24.3 Å². The van der Waals surface area contributed by atoms with Crippen molar-refractivity contribution < 1.29 is 27.8 Å². The van der Waals surface area contributed by atoms with Gasteiger partial charge >= 0.3 is 6.61 Å². The largest absolute Gasteiger partial charge is 0.495 e. The lowest BCUT2D eigenvalue weighted by Gasteiger charge is -2.18. The zero-order chi connectivity index (χ0) is 19.6. The number of halogens is 3. The normalized spacial score (nSPS) is 16.8. The van der Waals surface area contributed by atoms with Crippen LogP contribution in [-0.2, 0) is 9.59 Å². The van der Waals surface area contributed by atoms with Crippen LogP contribution in [0.2, 0.25) is 5.02 Å². The van der Waals surface area contributed by atoms with Gasteiger partial charge in [0, 0.05) is 5.69 Å². The Labute approximate surface area is 158 Å². The van der Waals surface area contributed by atoms with Crippen LogP contribution in [0.3, 0.4) is 0 Å². The quantitative estimate of drug-likeness (QED) is 0.754. The van der Waals surface area contributed by atoms with Crippen LogP contribution in [0.25, 0.3) is 0 Å². The average Bonchev–Trinajstić information content (AvgIpc) is 2.90. The van der Waals surface area contributed by atoms with Crippen LogP contribution in [0.5, 0.6) is 11.5 Å². The van der Waals surface area contributed by atoms with Gasteiger partial charge in [-0.05, 0) is 30.3 Å². The number of rotatable bonds is 6. The second-order valence-electron chi connectivity index (χ2n) is 5.66. The molecule has 3 rings (SSSR count). The number of benzene rings is 2. The molecule has 2 amide bonds. The fraction of sp³-hybridized carbons (Fsp3) is 0.222. The van der Waals surface area contributed by atoms with Crippen molar-refractivity contribution in [1.82, 2.24) is 0 Å². The summed E-state index contributed by atoms with van der Waals surface area (Å²) in [6.45, 7) is -3.00. The molecular formula is C18H15ClF2N2O4. The van der Waals surface area contributed by atoms with Gasteiger partial charge in [-0.2, -0.15) is 8.78 Å². The lowest BCUT2D eigenvalue weighted by molar-refractivity contribution is -0.121. The molecule has 2 aromatic carbocycles. The molecule has 0 bridgehead atoms. The van der Waals surface area contributed by atoms with Crippen LogP contribution >= 0.6 is 11.6 Å². The molecule has 142 valence electrons. The number of anilines is 2. The number of methoxy groups -OCH3 is 1. The van der Waals surface area contributed by atoms with Crippen LogP contribution < -0.4 is 19.7 Å². The lowest BCUT2D eigenvalue weighted by Crippen LogP contribution is -2.35. The van der Waals surface area contributed by atoms with Gasteiger partial charge in [0.2, 0.25) is 5.91 Å². The molecule has 9 heteroatoms. The van der Waals surface area contributed by atoms with E-state index in [0.717, 1.165) is 4.90 Å². The summed E-state index contributed by atoms with van der Waals surface area (Å²) in [4.78, 5) is 26.2.